The second-order valence-electron chi connectivity index (χ2n) is 13.3. The van der Waals surface area contributed by atoms with Crippen LogP contribution in [0, 0.1) is 11.3 Å². The molecule has 4 fully saturated rings. The molecule has 6 aliphatic rings. The zero-order chi connectivity index (χ0) is 25.9. The van der Waals surface area contributed by atoms with Crippen LogP contribution in [0.4, 0.5) is 0 Å². The molecular weight excluding hydrogens is 476 g/mol. The van der Waals surface area contributed by atoms with Gasteiger partial charge in [0.25, 0.3) is 0 Å². The second kappa shape index (κ2) is 7.98. The van der Waals surface area contributed by atoms with E-state index in [1.807, 2.05) is 12.4 Å². The summed E-state index contributed by atoms with van der Waals surface area (Å²) in [6.07, 6.45) is 13.5. The number of ether oxygens (including phenoxy) is 1. The van der Waals surface area contributed by atoms with Gasteiger partial charge in [-0.3, -0.25) is 9.88 Å². The van der Waals surface area contributed by atoms with Crippen LogP contribution in [-0.4, -0.2) is 73.8 Å². The highest BCUT2D eigenvalue weighted by Gasteiger charge is 2.67. The first-order valence-electron chi connectivity index (χ1n) is 14.6. The van der Waals surface area contributed by atoms with E-state index in [1.54, 1.807) is 0 Å². The van der Waals surface area contributed by atoms with Gasteiger partial charge in [0.1, 0.15) is 0 Å². The Morgan fingerprint density at radius 2 is 1.84 bits per heavy atom. The van der Waals surface area contributed by atoms with Crippen molar-refractivity contribution in [2.24, 2.45) is 11.3 Å². The monoisotopic (exact) mass is 514 g/mol. The van der Waals surface area contributed by atoms with Gasteiger partial charge >= 0.3 is 0 Å². The predicted molar refractivity (Wildman–Crippen MR) is 144 cm³/mol. The van der Waals surface area contributed by atoms with E-state index in [0.29, 0.717) is 31.3 Å². The van der Waals surface area contributed by atoms with E-state index in [0.717, 1.165) is 25.7 Å². The number of pyridine rings is 1. The van der Waals surface area contributed by atoms with Crippen LogP contribution in [0.2, 0.25) is 0 Å². The van der Waals surface area contributed by atoms with Gasteiger partial charge in [0, 0.05) is 36.9 Å². The van der Waals surface area contributed by atoms with Crippen molar-refractivity contribution < 1.29 is 20.1 Å². The fraction of sp³-hybridized carbons (Fsp3) is 0.594. The summed E-state index contributed by atoms with van der Waals surface area (Å²) in [5, 5.41) is 34.0. The van der Waals surface area contributed by atoms with E-state index < -0.39 is 18.3 Å². The number of hydrogen-bond donors (Lipinski definition) is 3. The first-order chi connectivity index (χ1) is 18.3. The lowest BCUT2D eigenvalue weighted by Crippen LogP contribution is -2.58. The summed E-state index contributed by atoms with van der Waals surface area (Å²) in [6.45, 7) is 3.33. The Labute approximate surface area is 224 Å². The third-order valence-electron chi connectivity index (χ3n) is 11.6. The van der Waals surface area contributed by atoms with E-state index in [4.69, 9.17) is 4.74 Å². The Balaban J connectivity index is 1.14. The predicted octanol–water partition coefficient (Wildman–Crippen LogP) is 3.85. The standard InChI is InChI=1S/C32H38N2O4/c1-30-8-6-22-13-23-14-26(35)25(34-17-27(36)28(37)18-34)15-31(23)9-10-32(22,38-31)29(30)5-4-24(30)20-3-2-19-7-11-33-16-21(19)12-20/h2-3,6-7,11-13,16,24-29,35-37H,4-5,8-10,14-15,17-18H2,1H3/t24?,25-,26+,27-,28-,29+,30+,31+,32?/m0/s1. The zero-order valence-corrected chi connectivity index (χ0v) is 22.1. The van der Waals surface area contributed by atoms with Crippen LogP contribution in [0.25, 0.3) is 10.8 Å². The minimum absolute atomic E-state index is 0.0999. The third-order valence-corrected chi connectivity index (χ3v) is 11.6. The van der Waals surface area contributed by atoms with Gasteiger partial charge in [-0.05, 0) is 96.4 Å². The molecule has 4 heterocycles. The molecule has 1 aromatic heterocycles. The molecule has 200 valence electrons. The van der Waals surface area contributed by atoms with Gasteiger partial charge in [-0.2, -0.15) is 0 Å². The van der Waals surface area contributed by atoms with E-state index in [-0.39, 0.29) is 22.7 Å². The van der Waals surface area contributed by atoms with Crippen molar-refractivity contribution in [2.45, 2.75) is 93.3 Å². The summed E-state index contributed by atoms with van der Waals surface area (Å²) in [4.78, 5) is 6.46. The average Bonchev–Trinajstić information content (AvgIpc) is 3.55. The lowest BCUT2D eigenvalue weighted by molar-refractivity contribution is -0.150. The van der Waals surface area contributed by atoms with Gasteiger partial charge in [-0.15, -0.1) is 0 Å². The van der Waals surface area contributed by atoms with Gasteiger partial charge < -0.3 is 20.1 Å². The Morgan fingerprint density at radius 1 is 1.00 bits per heavy atom. The minimum atomic E-state index is -0.742. The number of aliphatic hydroxyl groups is 3. The van der Waals surface area contributed by atoms with Crippen molar-refractivity contribution in [3.05, 3.63) is 65.5 Å². The fourth-order valence-electron chi connectivity index (χ4n) is 9.67. The number of aliphatic hydroxyl groups excluding tert-OH is 3. The molecule has 38 heavy (non-hydrogen) atoms. The van der Waals surface area contributed by atoms with E-state index in [9.17, 15) is 15.3 Å². The van der Waals surface area contributed by atoms with Crippen molar-refractivity contribution in [2.75, 3.05) is 13.1 Å². The molecule has 3 aliphatic carbocycles. The Hall–Kier alpha value is -2.09. The quantitative estimate of drug-likeness (QED) is 0.565. The summed E-state index contributed by atoms with van der Waals surface area (Å²) < 4.78 is 7.40. The van der Waals surface area contributed by atoms with Crippen LogP contribution in [0.5, 0.6) is 0 Å². The molecule has 2 bridgehead atoms. The Kier molecular flexibility index (Phi) is 4.99. The van der Waals surface area contributed by atoms with Crippen LogP contribution in [0.1, 0.15) is 63.4 Å². The molecule has 6 nitrogen and oxygen atoms in total. The molecule has 1 aromatic carbocycles. The van der Waals surface area contributed by atoms with Gasteiger partial charge in [0.2, 0.25) is 0 Å². The van der Waals surface area contributed by atoms with Crippen LogP contribution in [0.15, 0.2) is 60.0 Å². The molecule has 2 aromatic rings. The lowest BCUT2D eigenvalue weighted by atomic mass is 9.58. The SMILES string of the molecule is C[C@]12CC=C3C=C4C[C@@H](O)[C@@H](N5C[C@H](O)[C@@H](O)C5)C[C@]45CCC3(O5)[C@@H]1CCC2c1ccc2ccncc2c1. The molecule has 3 aliphatic heterocycles. The number of nitrogens with zero attached hydrogens (tertiary/aromatic N) is 2. The van der Waals surface area contributed by atoms with E-state index >= 15 is 0 Å². The summed E-state index contributed by atoms with van der Waals surface area (Å²) in [5.74, 6) is 0.950. The van der Waals surface area contributed by atoms with Crippen molar-refractivity contribution >= 4 is 10.8 Å². The van der Waals surface area contributed by atoms with Crippen LogP contribution in [-0.2, 0) is 4.74 Å². The van der Waals surface area contributed by atoms with Crippen LogP contribution >= 0.6 is 0 Å². The first-order valence-corrected chi connectivity index (χ1v) is 14.6. The van der Waals surface area contributed by atoms with E-state index in [2.05, 4.69) is 53.2 Å². The summed E-state index contributed by atoms with van der Waals surface area (Å²) in [6, 6.07) is 8.93. The Bertz CT molecular complexity index is 1360. The van der Waals surface area contributed by atoms with Gasteiger partial charge in [-0.25, -0.2) is 0 Å². The number of aromatic nitrogens is 1. The maximum absolute atomic E-state index is 11.2. The first kappa shape index (κ1) is 23.8. The summed E-state index contributed by atoms with van der Waals surface area (Å²) >= 11 is 0. The summed E-state index contributed by atoms with van der Waals surface area (Å²) in [5.41, 5.74) is 3.57. The number of benzene rings is 1. The highest BCUT2D eigenvalue weighted by Crippen LogP contribution is 2.69. The average molecular weight is 515 g/mol. The van der Waals surface area contributed by atoms with Crippen molar-refractivity contribution in [3.63, 3.8) is 0 Å². The Morgan fingerprint density at radius 3 is 2.68 bits per heavy atom. The molecular formula is C32H38N2O4. The summed E-state index contributed by atoms with van der Waals surface area (Å²) in [7, 11) is 0. The van der Waals surface area contributed by atoms with Crippen molar-refractivity contribution in [3.8, 4) is 0 Å². The third kappa shape index (κ3) is 3.10. The van der Waals surface area contributed by atoms with Gasteiger partial charge in [0.15, 0.2) is 0 Å². The number of β-amino-alcohol motifs (C(OH)–C–C–N with tert-alkyl or cyclic N) is 2. The lowest BCUT2D eigenvalue weighted by Gasteiger charge is -2.55. The maximum atomic E-state index is 11.2. The fourth-order valence-corrected chi connectivity index (χ4v) is 9.67. The zero-order valence-electron chi connectivity index (χ0n) is 22.1. The molecule has 9 atom stereocenters. The van der Waals surface area contributed by atoms with Crippen LogP contribution < -0.4 is 0 Å². The minimum Gasteiger partial charge on any atom is -0.391 e. The molecule has 2 unspecified atom stereocenters. The smallest absolute Gasteiger partial charge is 0.0974 e. The van der Waals surface area contributed by atoms with Crippen molar-refractivity contribution in [1.29, 1.82) is 0 Å². The molecule has 6 heteroatoms. The molecule has 0 radical (unpaired) electrons. The largest absolute Gasteiger partial charge is 0.391 e. The highest BCUT2D eigenvalue weighted by molar-refractivity contribution is 5.82. The molecule has 2 spiro atoms. The molecule has 2 saturated carbocycles. The van der Waals surface area contributed by atoms with Gasteiger partial charge in [0.05, 0.1) is 29.5 Å². The highest BCUT2D eigenvalue weighted by atomic mass is 16.5. The number of allylic oxidation sites excluding steroid dienone is 1. The number of likely N-dealkylation sites (tertiary alicyclic amines) is 1. The number of rotatable bonds is 2. The normalized spacial score (nSPS) is 45.9. The van der Waals surface area contributed by atoms with E-state index in [1.165, 1.54) is 40.3 Å². The molecule has 2 saturated heterocycles. The molecule has 8 rings (SSSR count). The molecule has 0 amide bonds. The second-order valence-corrected chi connectivity index (χ2v) is 13.3. The van der Waals surface area contributed by atoms with Gasteiger partial charge in [-0.1, -0.05) is 31.2 Å². The molecule has 3 N–H and O–H groups in total. The number of hydrogen-bond acceptors (Lipinski definition) is 6. The number of fused-ring (bicyclic) bond motifs is 2. The maximum Gasteiger partial charge on any atom is 0.0974 e. The van der Waals surface area contributed by atoms with Crippen LogP contribution in [0.3, 0.4) is 0 Å². The topological polar surface area (TPSA) is 86.1 Å². The van der Waals surface area contributed by atoms with Crippen molar-refractivity contribution in [1.82, 2.24) is 9.88 Å².